The van der Waals surface area contributed by atoms with E-state index < -0.39 is 5.91 Å². The monoisotopic (exact) mass is 436 g/mol. The number of aromatic nitrogens is 2. The molecule has 0 fully saturated rings. The Morgan fingerprint density at radius 3 is 2.41 bits per heavy atom. The van der Waals surface area contributed by atoms with Gasteiger partial charge in [0, 0.05) is 30.8 Å². The Kier molecular flexibility index (Phi) is 12.7. The first-order chi connectivity index (χ1) is 15.4. The number of hydrogen-bond acceptors (Lipinski definition) is 3. The molecule has 2 aromatic rings. The van der Waals surface area contributed by atoms with E-state index in [9.17, 15) is 4.79 Å². The average Bonchev–Trinajstić information content (AvgIpc) is 3.15. The number of unbranched alkanes of at least 4 members (excludes halogenated alkanes) is 1. The molecular formula is C27H40N4O. The van der Waals surface area contributed by atoms with Gasteiger partial charge in [-0.2, -0.15) is 0 Å². The molecule has 1 aromatic carbocycles. The van der Waals surface area contributed by atoms with Gasteiger partial charge in [0.2, 0.25) is 5.91 Å². The second-order valence-corrected chi connectivity index (χ2v) is 7.92. The third-order valence-corrected chi connectivity index (χ3v) is 4.70. The summed E-state index contributed by atoms with van der Waals surface area (Å²) in [5.41, 5.74) is 9.05. The van der Waals surface area contributed by atoms with Crippen molar-refractivity contribution in [2.75, 3.05) is 13.6 Å². The van der Waals surface area contributed by atoms with Gasteiger partial charge in [-0.1, -0.05) is 82.7 Å². The number of allylic oxidation sites excluding steroid dienone is 1. The zero-order valence-corrected chi connectivity index (χ0v) is 20.5. The molecule has 0 unspecified atom stereocenters. The largest absolute Gasteiger partial charge is 0.366 e. The summed E-state index contributed by atoms with van der Waals surface area (Å²) >= 11 is 0. The minimum absolute atomic E-state index is 0.432. The van der Waals surface area contributed by atoms with Crippen molar-refractivity contribution >= 4 is 5.91 Å². The number of nitrogens with zero attached hydrogens (tertiary/aromatic N) is 3. The molecule has 1 aromatic heterocycles. The lowest BCUT2D eigenvalue weighted by Gasteiger charge is -2.19. The average molecular weight is 437 g/mol. The van der Waals surface area contributed by atoms with E-state index in [1.807, 2.05) is 30.5 Å². The van der Waals surface area contributed by atoms with Gasteiger partial charge in [0.05, 0.1) is 11.9 Å². The van der Waals surface area contributed by atoms with E-state index in [4.69, 9.17) is 10.7 Å². The first kappa shape index (κ1) is 27.1. The maximum absolute atomic E-state index is 11.3. The van der Waals surface area contributed by atoms with Gasteiger partial charge < -0.3 is 10.3 Å². The van der Waals surface area contributed by atoms with Crippen LogP contribution in [0.1, 0.15) is 52.7 Å². The van der Waals surface area contributed by atoms with Gasteiger partial charge in [-0.05, 0) is 32.0 Å². The van der Waals surface area contributed by atoms with E-state index in [-0.39, 0.29) is 0 Å². The van der Waals surface area contributed by atoms with Gasteiger partial charge in [0.1, 0.15) is 5.82 Å². The number of benzene rings is 1. The van der Waals surface area contributed by atoms with Crippen LogP contribution in [0.4, 0.5) is 0 Å². The van der Waals surface area contributed by atoms with Crippen LogP contribution in [0.15, 0.2) is 72.5 Å². The van der Waals surface area contributed by atoms with Gasteiger partial charge in [-0.3, -0.25) is 9.69 Å². The van der Waals surface area contributed by atoms with E-state index in [0.29, 0.717) is 12.1 Å². The number of primary amides is 1. The highest BCUT2D eigenvalue weighted by molar-refractivity contribution is 5.94. The normalized spacial score (nSPS) is 11.5. The molecule has 0 aliphatic carbocycles. The molecule has 0 radical (unpaired) electrons. The van der Waals surface area contributed by atoms with Crippen LogP contribution in [0.3, 0.4) is 0 Å². The van der Waals surface area contributed by atoms with E-state index >= 15 is 0 Å². The number of hydrogen-bond donors (Lipinski definition) is 1. The Hall–Kier alpha value is -2.92. The molecule has 1 heterocycles. The Morgan fingerprint density at radius 2 is 1.84 bits per heavy atom. The van der Waals surface area contributed by atoms with Crippen LogP contribution in [0.2, 0.25) is 0 Å². The maximum Gasteiger partial charge on any atom is 0.248 e. The molecule has 174 valence electrons. The van der Waals surface area contributed by atoms with Crippen LogP contribution in [0.25, 0.3) is 11.4 Å². The highest BCUT2D eigenvalue weighted by Gasteiger charge is 2.13. The Balaban J connectivity index is 0.00000161. The number of rotatable bonds is 11. The minimum atomic E-state index is -0.432. The molecular weight excluding hydrogens is 396 g/mol. The second-order valence-electron chi connectivity index (χ2n) is 7.92. The molecule has 5 heteroatoms. The van der Waals surface area contributed by atoms with Gasteiger partial charge in [-0.25, -0.2) is 4.98 Å². The number of carbonyl (C=O) groups is 1. The number of carbonyl (C=O) groups excluding carboxylic acids is 1. The van der Waals surface area contributed by atoms with Crippen LogP contribution in [-0.2, 0) is 17.9 Å². The van der Waals surface area contributed by atoms with Crippen molar-refractivity contribution in [3.63, 3.8) is 0 Å². The molecule has 1 amide bonds. The van der Waals surface area contributed by atoms with Crippen molar-refractivity contribution in [2.24, 2.45) is 5.73 Å². The van der Waals surface area contributed by atoms with Crippen molar-refractivity contribution < 1.29 is 4.79 Å². The molecule has 0 spiro atoms. The predicted octanol–water partition coefficient (Wildman–Crippen LogP) is 5.74. The van der Waals surface area contributed by atoms with Crippen molar-refractivity contribution in [1.82, 2.24) is 14.5 Å². The van der Waals surface area contributed by atoms with Crippen molar-refractivity contribution in [3.05, 3.63) is 78.2 Å². The fourth-order valence-corrected chi connectivity index (χ4v) is 3.18. The summed E-state index contributed by atoms with van der Waals surface area (Å²) in [6.07, 6.45) is 10.7. The zero-order chi connectivity index (χ0) is 23.9. The van der Waals surface area contributed by atoms with Crippen molar-refractivity contribution in [2.45, 2.75) is 60.0 Å². The van der Waals surface area contributed by atoms with Crippen molar-refractivity contribution in [1.29, 1.82) is 0 Å². The third-order valence-electron chi connectivity index (χ3n) is 4.70. The van der Waals surface area contributed by atoms with E-state index in [1.54, 1.807) is 19.1 Å². The molecule has 32 heavy (non-hydrogen) atoms. The molecule has 0 aliphatic rings. The molecule has 0 atom stereocenters. The smallest absolute Gasteiger partial charge is 0.248 e. The summed E-state index contributed by atoms with van der Waals surface area (Å²) in [5.74, 6) is 0.582. The Labute approximate surface area is 194 Å². The molecule has 0 saturated heterocycles. The SMILES string of the molecule is C=C(/C=C\C(=C/C)C(N)=O)CN(C)Cc1cnc(-c2ccccc2)n1CCCC.CCC. The first-order valence-corrected chi connectivity index (χ1v) is 11.5. The summed E-state index contributed by atoms with van der Waals surface area (Å²) in [5, 5.41) is 0. The third kappa shape index (κ3) is 9.06. The fourth-order valence-electron chi connectivity index (χ4n) is 3.18. The standard InChI is InChI=1S/C24H32N4O.C3H8/c1-5-7-15-28-22(16-26-24(28)21-11-9-8-10-12-21)18-27(4)17-19(3)13-14-20(6-2)23(25)29;1-3-2/h6,8-14,16H,3,5,7,15,17-18H2,1-2,4H3,(H2,25,29);3H2,1-2H3/b14-13-,20-6+;. The topological polar surface area (TPSA) is 64.2 Å². The summed E-state index contributed by atoms with van der Waals surface area (Å²) in [6, 6.07) is 10.3. The number of amides is 1. The van der Waals surface area contributed by atoms with E-state index in [0.717, 1.165) is 42.9 Å². The summed E-state index contributed by atoms with van der Waals surface area (Å²) in [4.78, 5) is 18.2. The summed E-state index contributed by atoms with van der Waals surface area (Å²) < 4.78 is 2.32. The van der Waals surface area contributed by atoms with Crippen LogP contribution in [0.5, 0.6) is 0 Å². The highest BCUT2D eigenvalue weighted by atomic mass is 16.1. The lowest BCUT2D eigenvalue weighted by molar-refractivity contribution is -0.114. The van der Waals surface area contributed by atoms with Crippen LogP contribution < -0.4 is 5.73 Å². The Bertz CT molecular complexity index is 894. The summed E-state index contributed by atoms with van der Waals surface area (Å²) in [7, 11) is 2.06. The number of imidazole rings is 1. The lowest BCUT2D eigenvalue weighted by Crippen LogP contribution is -2.22. The number of likely N-dealkylation sites (N-methyl/N-ethyl adjacent to an activating group) is 1. The zero-order valence-electron chi connectivity index (χ0n) is 20.5. The van der Waals surface area contributed by atoms with Gasteiger partial charge >= 0.3 is 0 Å². The van der Waals surface area contributed by atoms with Crippen LogP contribution in [0, 0.1) is 0 Å². The second kappa shape index (κ2) is 15.0. The summed E-state index contributed by atoms with van der Waals surface area (Å²) in [6.45, 7) is 14.7. The quantitative estimate of drug-likeness (QED) is 0.361. The van der Waals surface area contributed by atoms with E-state index in [1.165, 1.54) is 12.1 Å². The first-order valence-electron chi connectivity index (χ1n) is 11.5. The highest BCUT2D eigenvalue weighted by Crippen LogP contribution is 2.21. The molecule has 2 N–H and O–H groups in total. The molecule has 0 saturated carbocycles. The molecule has 5 nitrogen and oxygen atoms in total. The molecule has 0 bridgehead atoms. The van der Waals surface area contributed by atoms with E-state index in [2.05, 4.69) is 56.0 Å². The number of nitrogens with two attached hydrogens (primary N) is 1. The van der Waals surface area contributed by atoms with Crippen molar-refractivity contribution in [3.8, 4) is 11.4 Å². The van der Waals surface area contributed by atoms with Gasteiger partial charge in [-0.15, -0.1) is 0 Å². The van der Waals surface area contributed by atoms with Gasteiger partial charge in [0.25, 0.3) is 0 Å². The molecule has 0 aliphatic heterocycles. The molecule has 2 rings (SSSR count). The minimum Gasteiger partial charge on any atom is -0.366 e. The van der Waals surface area contributed by atoms with Crippen LogP contribution in [-0.4, -0.2) is 34.0 Å². The predicted molar refractivity (Wildman–Crippen MR) is 136 cm³/mol. The van der Waals surface area contributed by atoms with Crippen LogP contribution >= 0.6 is 0 Å². The van der Waals surface area contributed by atoms with Gasteiger partial charge in [0.15, 0.2) is 0 Å². The lowest BCUT2D eigenvalue weighted by atomic mass is 10.1. The fraction of sp³-hybridized carbons (Fsp3) is 0.407. The Morgan fingerprint density at radius 1 is 1.19 bits per heavy atom. The maximum atomic E-state index is 11.3.